The van der Waals surface area contributed by atoms with Gasteiger partial charge in [0.2, 0.25) is 0 Å². The second-order valence-corrected chi connectivity index (χ2v) is 8.86. The molecule has 1 saturated heterocycles. The van der Waals surface area contributed by atoms with E-state index in [2.05, 4.69) is 61.7 Å². The van der Waals surface area contributed by atoms with Crippen LogP contribution in [0.2, 0.25) is 0 Å². The Morgan fingerprint density at radius 3 is 2.76 bits per heavy atom. The summed E-state index contributed by atoms with van der Waals surface area (Å²) in [6.07, 6.45) is 19.4. The molecule has 0 aliphatic carbocycles. The average molecular weight is 519 g/mol. The van der Waals surface area contributed by atoms with E-state index in [1.54, 1.807) is 31.7 Å². The lowest BCUT2D eigenvalue weighted by Gasteiger charge is -2.17. The van der Waals surface area contributed by atoms with Crippen LogP contribution in [0.3, 0.4) is 0 Å². The van der Waals surface area contributed by atoms with Crippen molar-refractivity contribution >= 4 is 29.5 Å². The van der Waals surface area contributed by atoms with Gasteiger partial charge in [-0.2, -0.15) is 0 Å². The zero-order valence-corrected chi connectivity index (χ0v) is 22.3. The van der Waals surface area contributed by atoms with Crippen molar-refractivity contribution in [2.24, 2.45) is 4.99 Å². The Bertz CT molecular complexity index is 1160. The number of pyridine rings is 2. The maximum absolute atomic E-state index is 12.8. The lowest BCUT2D eigenvalue weighted by molar-refractivity contribution is 0.0950. The van der Waals surface area contributed by atoms with Crippen molar-refractivity contribution in [3.8, 4) is 0 Å². The molecule has 0 spiro atoms. The van der Waals surface area contributed by atoms with Gasteiger partial charge in [0.1, 0.15) is 5.82 Å². The molecule has 3 rings (SSSR count). The van der Waals surface area contributed by atoms with E-state index >= 15 is 0 Å². The molecular weight excluding hydrogens is 484 g/mol. The van der Waals surface area contributed by atoms with Crippen LogP contribution in [-0.2, 0) is 13.0 Å². The maximum Gasteiger partial charge on any atom is 0.251 e. The molecule has 0 unspecified atom stereocenters. The first-order chi connectivity index (χ1) is 18.1. The minimum atomic E-state index is -0.149. The van der Waals surface area contributed by atoms with E-state index in [1.165, 1.54) is 18.4 Å². The SMILES string of the molecule is CC\C=C(/C=C/C=C(\C=N/C)N1CCCC1)Cc1cc(C(=O)NCc2ccc(N/C=C/Cl)nc2)ccn1. The lowest BCUT2D eigenvalue weighted by atomic mass is 10.1. The molecular formula is C29H35ClN6O. The third-order valence-corrected chi connectivity index (χ3v) is 5.94. The molecule has 2 N–H and O–H groups in total. The van der Waals surface area contributed by atoms with Crippen molar-refractivity contribution in [1.29, 1.82) is 0 Å². The Balaban J connectivity index is 1.61. The van der Waals surface area contributed by atoms with Gasteiger partial charge in [0.15, 0.2) is 0 Å². The molecule has 3 heterocycles. The zero-order chi connectivity index (χ0) is 26.3. The number of halogens is 1. The normalized spacial score (nSPS) is 14.8. The number of amides is 1. The molecule has 194 valence electrons. The number of nitrogens with one attached hydrogen (secondary N) is 2. The van der Waals surface area contributed by atoms with Gasteiger partial charge >= 0.3 is 0 Å². The van der Waals surface area contributed by atoms with E-state index in [4.69, 9.17) is 11.6 Å². The Kier molecular flexibility index (Phi) is 11.6. The zero-order valence-electron chi connectivity index (χ0n) is 21.5. The van der Waals surface area contributed by atoms with Crippen molar-refractivity contribution in [1.82, 2.24) is 20.2 Å². The predicted molar refractivity (Wildman–Crippen MR) is 153 cm³/mol. The number of aliphatic imine (C=N–C) groups is 1. The molecule has 7 nitrogen and oxygen atoms in total. The summed E-state index contributed by atoms with van der Waals surface area (Å²) < 4.78 is 0. The number of aromatic nitrogens is 2. The second-order valence-electron chi connectivity index (χ2n) is 8.60. The van der Waals surface area contributed by atoms with Gasteiger partial charge in [0, 0.05) is 74.7 Å². The van der Waals surface area contributed by atoms with E-state index in [0.717, 1.165) is 42.0 Å². The highest BCUT2D eigenvalue weighted by Crippen LogP contribution is 2.15. The van der Waals surface area contributed by atoms with Crippen LogP contribution in [0.1, 0.15) is 47.8 Å². The summed E-state index contributed by atoms with van der Waals surface area (Å²) in [4.78, 5) is 28.1. The molecule has 1 aliphatic heterocycles. The maximum atomic E-state index is 12.8. The highest BCUT2D eigenvalue weighted by Gasteiger charge is 2.12. The second kappa shape index (κ2) is 15.4. The standard InChI is InChI=1S/C29H35ClN6O/c1-3-7-23(8-6-9-27(22-31-2)36-16-4-5-17-36)18-26-19-25(12-14-32-26)29(37)35-21-24-10-11-28(34-20-24)33-15-13-30/h6-15,19-20,22H,3-5,16-18,21H2,1-2H3,(H,33,34)(H,35,37)/b8-6+,15-13+,23-7+,27-9+,31-22-. The lowest BCUT2D eigenvalue weighted by Crippen LogP contribution is -2.23. The van der Waals surface area contributed by atoms with Gasteiger partial charge in [0.25, 0.3) is 5.91 Å². The molecule has 0 bridgehead atoms. The number of hydrogen-bond donors (Lipinski definition) is 2. The number of nitrogens with zero attached hydrogens (tertiary/aromatic N) is 4. The summed E-state index contributed by atoms with van der Waals surface area (Å²) in [7, 11) is 1.80. The van der Waals surface area contributed by atoms with E-state index in [1.807, 2.05) is 24.4 Å². The molecule has 0 radical (unpaired) electrons. The number of likely N-dealkylation sites (tertiary alicyclic amines) is 1. The van der Waals surface area contributed by atoms with Crippen LogP contribution in [0.4, 0.5) is 5.82 Å². The third kappa shape index (κ3) is 9.35. The largest absolute Gasteiger partial charge is 0.370 e. The Labute approximate surface area is 224 Å². The molecule has 0 aromatic carbocycles. The molecule has 0 saturated carbocycles. The molecule has 1 amide bonds. The highest BCUT2D eigenvalue weighted by molar-refractivity contribution is 6.25. The van der Waals surface area contributed by atoms with Gasteiger partial charge in [-0.3, -0.25) is 14.8 Å². The smallest absolute Gasteiger partial charge is 0.251 e. The monoisotopic (exact) mass is 518 g/mol. The van der Waals surface area contributed by atoms with Gasteiger partial charge in [-0.15, -0.1) is 0 Å². The van der Waals surface area contributed by atoms with Crippen molar-refractivity contribution in [3.05, 3.63) is 101 Å². The number of carbonyl (C=O) groups is 1. The van der Waals surface area contributed by atoms with Gasteiger partial charge in [-0.1, -0.05) is 42.8 Å². The molecule has 0 atom stereocenters. The van der Waals surface area contributed by atoms with Crippen molar-refractivity contribution in [3.63, 3.8) is 0 Å². The summed E-state index contributed by atoms with van der Waals surface area (Å²) >= 11 is 5.51. The summed E-state index contributed by atoms with van der Waals surface area (Å²) in [5.74, 6) is 0.529. The van der Waals surface area contributed by atoms with Crippen LogP contribution in [0.15, 0.2) is 89.0 Å². The summed E-state index contributed by atoms with van der Waals surface area (Å²) in [6.45, 7) is 4.65. The first-order valence-corrected chi connectivity index (χ1v) is 13.0. The fourth-order valence-corrected chi connectivity index (χ4v) is 4.07. The number of carbonyl (C=O) groups excluding carboxylic acids is 1. The van der Waals surface area contributed by atoms with Crippen molar-refractivity contribution < 1.29 is 4.79 Å². The van der Waals surface area contributed by atoms with Crippen molar-refractivity contribution in [2.45, 2.75) is 39.2 Å². The first kappa shape index (κ1) is 27.9. The number of hydrogen-bond acceptors (Lipinski definition) is 6. The summed E-state index contributed by atoms with van der Waals surface area (Å²) in [5, 5.41) is 5.89. The first-order valence-electron chi connectivity index (χ1n) is 12.6. The van der Waals surface area contributed by atoms with Gasteiger partial charge in [-0.05, 0) is 54.7 Å². The van der Waals surface area contributed by atoms with E-state index in [-0.39, 0.29) is 5.91 Å². The highest BCUT2D eigenvalue weighted by atomic mass is 35.5. The molecule has 37 heavy (non-hydrogen) atoms. The van der Waals surface area contributed by atoms with Crippen LogP contribution in [-0.4, -0.2) is 47.1 Å². The van der Waals surface area contributed by atoms with Crippen LogP contribution in [0.25, 0.3) is 0 Å². The third-order valence-electron chi connectivity index (χ3n) is 5.81. The Morgan fingerprint density at radius 1 is 1.22 bits per heavy atom. The van der Waals surface area contributed by atoms with Gasteiger partial charge in [0.05, 0.1) is 5.70 Å². The number of rotatable bonds is 12. The average Bonchev–Trinajstić information content (AvgIpc) is 3.46. The Hall–Kier alpha value is -3.71. The quantitative estimate of drug-likeness (QED) is 0.280. The van der Waals surface area contributed by atoms with Crippen molar-refractivity contribution in [2.75, 3.05) is 25.5 Å². The minimum absolute atomic E-state index is 0.149. The van der Waals surface area contributed by atoms with Crippen LogP contribution >= 0.6 is 11.6 Å². The minimum Gasteiger partial charge on any atom is -0.370 e. The molecule has 1 fully saturated rings. The Morgan fingerprint density at radius 2 is 2.05 bits per heavy atom. The van der Waals surface area contributed by atoms with Gasteiger partial charge in [-0.25, -0.2) is 4.98 Å². The molecule has 2 aromatic rings. The molecule has 8 heteroatoms. The van der Waals surface area contributed by atoms with Crippen LogP contribution in [0, 0.1) is 0 Å². The molecule has 1 aliphatic rings. The molecule has 2 aromatic heterocycles. The van der Waals surface area contributed by atoms with Crippen LogP contribution in [0.5, 0.6) is 0 Å². The van der Waals surface area contributed by atoms with Gasteiger partial charge < -0.3 is 15.5 Å². The number of allylic oxidation sites excluding steroid dienone is 6. The van der Waals surface area contributed by atoms with E-state index in [0.29, 0.717) is 24.3 Å². The summed E-state index contributed by atoms with van der Waals surface area (Å²) in [6, 6.07) is 7.32. The van der Waals surface area contributed by atoms with Crippen LogP contribution < -0.4 is 10.6 Å². The van der Waals surface area contributed by atoms with E-state index < -0.39 is 0 Å². The number of anilines is 1. The fourth-order valence-electron chi connectivity index (χ4n) is 4.01. The summed E-state index contributed by atoms with van der Waals surface area (Å²) in [5.41, 5.74) is 6.00. The van der Waals surface area contributed by atoms with E-state index in [9.17, 15) is 4.79 Å². The topological polar surface area (TPSA) is 82.5 Å². The fraction of sp³-hybridized carbons (Fsp3) is 0.310. The predicted octanol–water partition coefficient (Wildman–Crippen LogP) is 5.64.